The smallest absolute Gasteiger partial charge is 0.238 e. The van der Waals surface area contributed by atoms with Crippen molar-refractivity contribution in [2.45, 2.75) is 58.3 Å². The standard InChI is InChI=1S/C23H35N3O2/c1-2-20-10-6-7-11-21(20)24-22(27)18-25-14-16-26(17-15-25)23(28)13-12-19-8-4-3-5-9-19/h6-7,10-11,19H,2-5,8-9,12-18H2,1H3,(H,24,27). The van der Waals surface area contributed by atoms with Crippen LogP contribution in [0.4, 0.5) is 5.69 Å². The molecule has 28 heavy (non-hydrogen) atoms. The van der Waals surface area contributed by atoms with E-state index in [-0.39, 0.29) is 5.91 Å². The van der Waals surface area contributed by atoms with Crippen molar-refractivity contribution in [3.63, 3.8) is 0 Å². The highest BCUT2D eigenvalue weighted by Crippen LogP contribution is 2.27. The first-order valence-electron chi connectivity index (χ1n) is 11.0. The number of carbonyl (C=O) groups excluding carboxylic acids is 2. The Balaban J connectivity index is 1.37. The molecule has 1 aliphatic heterocycles. The Morgan fingerprint density at radius 2 is 1.75 bits per heavy atom. The molecule has 0 atom stereocenters. The Bertz CT molecular complexity index is 647. The van der Waals surface area contributed by atoms with Crippen molar-refractivity contribution in [3.8, 4) is 0 Å². The third-order valence-electron chi connectivity index (χ3n) is 6.26. The zero-order chi connectivity index (χ0) is 19.8. The lowest BCUT2D eigenvalue weighted by Gasteiger charge is -2.34. The summed E-state index contributed by atoms with van der Waals surface area (Å²) in [6.07, 6.45) is 9.29. The minimum absolute atomic E-state index is 0.0259. The van der Waals surface area contributed by atoms with Crippen LogP contribution in [0.1, 0.15) is 57.4 Å². The number of hydrogen-bond acceptors (Lipinski definition) is 3. The van der Waals surface area contributed by atoms with Gasteiger partial charge in [-0.25, -0.2) is 0 Å². The lowest BCUT2D eigenvalue weighted by molar-refractivity contribution is -0.133. The Morgan fingerprint density at radius 1 is 1.04 bits per heavy atom. The summed E-state index contributed by atoms with van der Waals surface area (Å²) in [7, 11) is 0. The summed E-state index contributed by atoms with van der Waals surface area (Å²) in [5.41, 5.74) is 2.07. The lowest BCUT2D eigenvalue weighted by Crippen LogP contribution is -2.50. The fraction of sp³-hybridized carbons (Fsp3) is 0.652. The molecule has 154 valence electrons. The summed E-state index contributed by atoms with van der Waals surface area (Å²) in [5, 5.41) is 3.04. The molecule has 1 heterocycles. The molecule has 1 saturated heterocycles. The normalized spacial score (nSPS) is 18.8. The van der Waals surface area contributed by atoms with Gasteiger partial charge >= 0.3 is 0 Å². The van der Waals surface area contributed by atoms with Gasteiger partial charge in [-0.1, -0.05) is 57.2 Å². The number of amides is 2. The third kappa shape index (κ3) is 6.06. The van der Waals surface area contributed by atoms with Crippen molar-refractivity contribution in [3.05, 3.63) is 29.8 Å². The minimum atomic E-state index is 0.0259. The predicted molar refractivity (Wildman–Crippen MR) is 113 cm³/mol. The van der Waals surface area contributed by atoms with Crippen LogP contribution >= 0.6 is 0 Å². The molecule has 2 fully saturated rings. The number of nitrogens with one attached hydrogen (secondary N) is 1. The number of aryl methyl sites for hydroxylation is 1. The van der Waals surface area contributed by atoms with Crippen molar-refractivity contribution < 1.29 is 9.59 Å². The SMILES string of the molecule is CCc1ccccc1NC(=O)CN1CCN(C(=O)CCC2CCCCC2)CC1. The molecule has 1 aliphatic carbocycles. The van der Waals surface area contributed by atoms with Crippen LogP contribution in [0.15, 0.2) is 24.3 Å². The van der Waals surface area contributed by atoms with Gasteiger partial charge in [-0.3, -0.25) is 14.5 Å². The number of hydrogen-bond donors (Lipinski definition) is 1. The highest BCUT2D eigenvalue weighted by Gasteiger charge is 2.23. The van der Waals surface area contributed by atoms with E-state index in [0.717, 1.165) is 56.2 Å². The maximum atomic E-state index is 12.5. The number of benzene rings is 1. The topological polar surface area (TPSA) is 52.7 Å². The minimum Gasteiger partial charge on any atom is -0.340 e. The van der Waals surface area contributed by atoms with E-state index in [1.807, 2.05) is 29.2 Å². The molecule has 0 radical (unpaired) electrons. The molecule has 0 spiro atoms. The second kappa shape index (κ2) is 10.6. The van der Waals surface area contributed by atoms with Crippen LogP contribution in [0.5, 0.6) is 0 Å². The van der Waals surface area contributed by atoms with Crippen molar-refractivity contribution in [2.75, 3.05) is 38.0 Å². The van der Waals surface area contributed by atoms with Crippen LogP contribution in [0.3, 0.4) is 0 Å². The van der Waals surface area contributed by atoms with Crippen LogP contribution in [0.2, 0.25) is 0 Å². The summed E-state index contributed by atoms with van der Waals surface area (Å²) in [4.78, 5) is 29.1. The first-order chi connectivity index (χ1) is 13.7. The molecule has 3 rings (SSSR count). The van der Waals surface area contributed by atoms with Crippen LogP contribution in [-0.4, -0.2) is 54.3 Å². The molecule has 0 bridgehead atoms. The van der Waals surface area contributed by atoms with E-state index in [2.05, 4.69) is 17.1 Å². The Hall–Kier alpha value is -1.88. The second-order valence-electron chi connectivity index (χ2n) is 8.26. The molecular formula is C23H35N3O2. The average Bonchev–Trinajstić information content (AvgIpc) is 2.73. The summed E-state index contributed by atoms with van der Waals surface area (Å²) in [5.74, 6) is 1.08. The number of para-hydroxylation sites is 1. The maximum Gasteiger partial charge on any atom is 0.238 e. The van der Waals surface area contributed by atoms with Gasteiger partial charge in [-0.05, 0) is 30.4 Å². The Morgan fingerprint density at radius 3 is 2.46 bits per heavy atom. The van der Waals surface area contributed by atoms with Gasteiger partial charge in [-0.2, -0.15) is 0 Å². The maximum absolute atomic E-state index is 12.5. The van der Waals surface area contributed by atoms with Crippen LogP contribution in [-0.2, 0) is 16.0 Å². The first-order valence-corrected chi connectivity index (χ1v) is 11.0. The summed E-state index contributed by atoms with van der Waals surface area (Å²) < 4.78 is 0. The molecule has 2 amide bonds. The van der Waals surface area contributed by atoms with Crippen molar-refractivity contribution in [1.29, 1.82) is 0 Å². The predicted octanol–water partition coefficient (Wildman–Crippen LogP) is 3.69. The van der Waals surface area contributed by atoms with Crippen molar-refractivity contribution in [1.82, 2.24) is 9.80 Å². The van der Waals surface area contributed by atoms with Crippen LogP contribution in [0.25, 0.3) is 0 Å². The highest BCUT2D eigenvalue weighted by atomic mass is 16.2. The van der Waals surface area contributed by atoms with Gasteiger partial charge < -0.3 is 10.2 Å². The van der Waals surface area contributed by atoms with Crippen LogP contribution < -0.4 is 5.32 Å². The Kier molecular flexibility index (Phi) is 7.90. The largest absolute Gasteiger partial charge is 0.340 e. The van der Waals surface area contributed by atoms with Gasteiger partial charge in [0.2, 0.25) is 11.8 Å². The van der Waals surface area contributed by atoms with E-state index in [0.29, 0.717) is 18.9 Å². The zero-order valence-electron chi connectivity index (χ0n) is 17.3. The molecule has 1 aromatic rings. The van der Waals surface area contributed by atoms with E-state index in [9.17, 15) is 9.59 Å². The van der Waals surface area contributed by atoms with Gasteiger partial charge in [0.1, 0.15) is 0 Å². The average molecular weight is 386 g/mol. The van der Waals surface area contributed by atoms with E-state index in [4.69, 9.17) is 0 Å². The fourth-order valence-electron chi connectivity index (χ4n) is 4.46. The summed E-state index contributed by atoms with van der Waals surface area (Å²) >= 11 is 0. The van der Waals surface area contributed by atoms with E-state index in [1.54, 1.807) is 0 Å². The number of anilines is 1. The van der Waals surface area contributed by atoms with E-state index >= 15 is 0 Å². The molecule has 1 N–H and O–H groups in total. The number of nitrogens with zero attached hydrogens (tertiary/aromatic N) is 2. The number of rotatable bonds is 7. The molecule has 5 nitrogen and oxygen atoms in total. The van der Waals surface area contributed by atoms with Gasteiger partial charge in [0, 0.05) is 38.3 Å². The molecule has 0 aromatic heterocycles. The molecule has 5 heteroatoms. The molecule has 0 unspecified atom stereocenters. The molecule has 1 aromatic carbocycles. The molecule has 2 aliphatic rings. The zero-order valence-corrected chi connectivity index (χ0v) is 17.3. The van der Waals surface area contributed by atoms with Gasteiger partial charge in [0.05, 0.1) is 6.54 Å². The lowest BCUT2D eigenvalue weighted by atomic mass is 9.86. The molecular weight excluding hydrogens is 350 g/mol. The summed E-state index contributed by atoms with van der Waals surface area (Å²) in [6.45, 7) is 5.51. The summed E-state index contributed by atoms with van der Waals surface area (Å²) in [6, 6.07) is 7.96. The van der Waals surface area contributed by atoms with E-state index < -0.39 is 0 Å². The van der Waals surface area contributed by atoms with Gasteiger partial charge in [-0.15, -0.1) is 0 Å². The number of carbonyl (C=O) groups is 2. The quantitative estimate of drug-likeness (QED) is 0.779. The monoisotopic (exact) mass is 385 g/mol. The highest BCUT2D eigenvalue weighted by molar-refractivity contribution is 5.93. The van der Waals surface area contributed by atoms with E-state index in [1.165, 1.54) is 32.1 Å². The second-order valence-corrected chi connectivity index (χ2v) is 8.26. The van der Waals surface area contributed by atoms with Gasteiger partial charge in [0.25, 0.3) is 0 Å². The van der Waals surface area contributed by atoms with Crippen molar-refractivity contribution in [2.24, 2.45) is 5.92 Å². The van der Waals surface area contributed by atoms with Crippen LogP contribution in [0, 0.1) is 5.92 Å². The Labute approximate surface area is 169 Å². The first kappa shape index (κ1) is 20.8. The van der Waals surface area contributed by atoms with Gasteiger partial charge in [0.15, 0.2) is 0 Å². The number of piperazine rings is 1. The third-order valence-corrected chi connectivity index (χ3v) is 6.26. The fourth-order valence-corrected chi connectivity index (χ4v) is 4.46. The molecule has 1 saturated carbocycles. The van der Waals surface area contributed by atoms with Crippen molar-refractivity contribution >= 4 is 17.5 Å².